The molecule has 2 saturated heterocycles. The Morgan fingerprint density at radius 1 is 1.06 bits per heavy atom. The molecule has 0 aliphatic carbocycles. The molecule has 2 aliphatic rings. The molecular formula is C24H41IN6O. The van der Waals surface area contributed by atoms with Gasteiger partial charge in [-0.2, -0.15) is 0 Å². The van der Waals surface area contributed by atoms with Crippen LogP contribution in [0.2, 0.25) is 0 Å². The van der Waals surface area contributed by atoms with Crippen molar-refractivity contribution in [1.82, 2.24) is 25.3 Å². The van der Waals surface area contributed by atoms with E-state index in [1.165, 1.54) is 30.6 Å². The van der Waals surface area contributed by atoms with Gasteiger partial charge in [-0.05, 0) is 51.0 Å². The van der Waals surface area contributed by atoms with Crippen LogP contribution in [-0.2, 0) is 17.9 Å². The zero-order valence-corrected chi connectivity index (χ0v) is 22.3. The average Bonchev–Trinajstić information content (AvgIpc) is 3.15. The lowest BCUT2D eigenvalue weighted by molar-refractivity contribution is -0.129. The number of aliphatic imine (C=N–C) groups is 1. The van der Waals surface area contributed by atoms with Crippen molar-refractivity contribution in [3.8, 4) is 0 Å². The molecule has 2 heterocycles. The molecule has 1 aromatic rings. The first kappa shape index (κ1) is 26.9. The number of likely N-dealkylation sites (N-methyl/N-ethyl adjacent to an activating group) is 1. The van der Waals surface area contributed by atoms with E-state index in [0.717, 1.165) is 51.6 Å². The summed E-state index contributed by atoms with van der Waals surface area (Å²) in [5.74, 6) is 1.06. The molecule has 1 unspecified atom stereocenters. The van der Waals surface area contributed by atoms with Gasteiger partial charge in [0.05, 0.1) is 6.54 Å². The van der Waals surface area contributed by atoms with E-state index in [1.54, 1.807) is 0 Å². The zero-order chi connectivity index (χ0) is 22.1. The number of amides is 1. The highest BCUT2D eigenvalue weighted by Gasteiger charge is 2.25. The molecule has 2 N–H and O–H groups in total. The van der Waals surface area contributed by atoms with Crippen LogP contribution >= 0.6 is 24.0 Å². The number of hydrogen-bond acceptors (Lipinski definition) is 4. The topological polar surface area (TPSA) is 63.2 Å². The number of benzene rings is 1. The predicted octanol–water partition coefficient (Wildman–Crippen LogP) is 2.51. The molecule has 7 nitrogen and oxygen atoms in total. The maximum atomic E-state index is 11.9. The van der Waals surface area contributed by atoms with Gasteiger partial charge >= 0.3 is 0 Å². The van der Waals surface area contributed by atoms with Crippen LogP contribution in [0.15, 0.2) is 29.3 Å². The van der Waals surface area contributed by atoms with Crippen molar-refractivity contribution in [3.05, 3.63) is 35.4 Å². The molecule has 0 radical (unpaired) electrons. The Hall–Kier alpha value is -1.39. The molecule has 2 fully saturated rings. The summed E-state index contributed by atoms with van der Waals surface area (Å²) in [6, 6.07) is 9.15. The third-order valence-corrected chi connectivity index (χ3v) is 6.19. The van der Waals surface area contributed by atoms with E-state index >= 15 is 0 Å². The third kappa shape index (κ3) is 8.51. The van der Waals surface area contributed by atoms with Gasteiger partial charge in [0.2, 0.25) is 5.91 Å². The first-order valence-corrected chi connectivity index (χ1v) is 11.9. The molecule has 1 atom stereocenters. The summed E-state index contributed by atoms with van der Waals surface area (Å²) in [6.45, 7) is 12.8. The number of halogens is 1. The Balaban J connectivity index is 0.00000363. The van der Waals surface area contributed by atoms with E-state index in [9.17, 15) is 4.79 Å². The van der Waals surface area contributed by atoms with Crippen molar-refractivity contribution >= 4 is 35.8 Å². The molecule has 0 bridgehead atoms. The molecule has 0 spiro atoms. The summed E-state index contributed by atoms with van der Waals surface area (Å²) in [4.78, 5) is 23.6. The van der Waals surface area contributed by atoms with Gasteiger partial charge in [-0.25, -0.2) is 4.99 Å². The molecule has 32 heavy (non-hydrogen) atoms. The van der Waals surface area contributed by atoms with Gasteiger partial charge in [-0.1, -0.05) is 31.2 Å². The van der Waals surface area contributed by atoms with Crippen molar-refractivity contribution in [3.63, 3.8) is 0 Å². The van der Waals surface area contributed by atoms with E-state index in [4.69, 9.17) is 4.99 Å². The number of guanidine groups is 1. The van der Waals surface area contributed by atoms with Gasteiger partial charge in [0, 0.05) is 51.7 Å². The largest absolute Gasteiger partial charge is 0.357 e. The zero-order valence-electron chi connectivity index (χ0n) is 20.0. The van der Waals surface area contributed by atoms with E-state index in [2.05, 4.69) is 58.7 Å². The Bertz CT molecular complexity index is 726. The molecule has 8 heteroatoms. The number of likely N-dealkylation sites (tertiary alicyclic amines) is 1. The molecule has 3 rings (SSSR count). The minimum absolute atomic E-state index is 0. The smallest absolute Gasteiger partial charge is 0.222 e. The van der Waals surface area contributed by atoms with Crippen LogP contribution in [0, 0.1) is 0 Å². The number of nitrogens with one attached hydrogen (secondary N) is 2. The van der Waals surface area contributed by atoms with Gasteiger partial charge in [0.1, 0.15) is 0 Å². The van der Waals surface area contributed by atoms with Gasteiger partial charge in [0.25, 0.3) is 0 Å². The van der Waals surface area contributed by atoms with Crippen LogP contribution in [0.5, 0.6) is 0 Å². The normalized spacial score (nSPS) is 20.5. The lowest BCUT2D eigenvalue weighted by Crippen LogP contribution is -2.45. The van der Waals surface area contributed by atoms with Gasteiger partial charge in [-0.15, -0.1) is 24.0 Å². The minimum Gasteiger partial charge on any atom is -0.357 e. The third-order valence-electron chi connectivity index (χ3n) is 6.19. The first-order chi connectivity index (χ1) is 15.1. The number of nitrogens with zero attached hydrogens (tertiary/aromatic N) is 4. The average molecular weight is 557 g/mol. The molecular weight excluding hydrogens is 515 g/mol. The molecule has 0 saturated carbocycles. The maximum Gasteiger partial charge on any atom is 0.222 e. The van der Waals surface area contributed by atoms with Gasteiger partial charge < -0.3 is 20.4 Å². The van der Waals surface area contributed by atoms with Crippen LogP contribution in [0.25, 0.3) is 0 Å². The predicted molar refractivity (Wildman–Crippen MR) is 142 cm³/mol. The Morgan fingerprint density at radius 2 is 1.81 bits per heavy atom. The summed E-state index contributed by atoms with van der Waals surface area (Å²) in [7, 11) is 2.21. The molecule has 1 aromatic carbocycles. The number of rotatable bonds is 7. The van der Waals surface area contributed by atoms with Crippen molar-refractivity contribution in [2.24, 2.45) is 4.99 Å². The highest BCUT2D eigenvalue weighted by molar-refractivity contribution is 14.0. The molecule has 0 aromatic heterocycles. The van der Waals surface area contributed by atoms with E-state index in [0.29, 0.717) is 13.0 Å². The van der Waals surface area contributed by atoms with Crippen LogP contribution in [-0.4, -0.2) is 85.5 Å². The number of carbonyl (C=O) groups is 1. The van der Waals surface area contributed by atoms with Crippen molar-refractivity contribution in [1.29, 1.82) is 0 Å². The van der Waals surface area contributed by atoms with Gasteiger partial charge in [-0.3, -0.25) is 9.69 Å². The first-order valence-electron chi connectivity index (χ1n) is 11.9. The fourth-order valence-electron chi connectivity index (χ4n) is 4.28. The second-order valence-electron chi connectivity index (χ2n) is 8.77. The quantitative estimate of drug-likeness (QED) is 0.307. The lowest BCUT2D eigenvalue weighted by Gasteiger charge is -2.20. The standard InChI is InChI=1S/C24H40N6O.HI/c1-4-23(31)30-14-11-22(19-30)27-24(25-5-2)26-17-20-7-9-21(10-8-20)18-29-13-6-12-28(3)15-16-29;/h7-10,22H,4-6,11-19H2,1-3H3,(H2,25,26,27);1H. The van der Waals surface area contributed by atoms with Crippen LogP contribution < -0.4 is 10.6 Å². The Morgan fingerprint density at radius 3 is 2.53 bits per heavy atom. The van der Waals surface area contributed by atoms with Crippen molar-refractivity contribution in [2.45, 2.75) is 52.2 Å². The lowest BCUT2D eigenvalue weighted by atomic mass is 10.1. The molecule has 1 amide bonds. The minimum atomic E-state index is 0. The summed E-state index contributed by atoms with van der Waals surface area (Å²) >= 11 is 0. The monoisotopic (exact) mass is 556 g/mol. The highest BCUT2D eigenvalue weighted by atomic mass is 127. The summed E-state index contributed by atoms with van der Waals surface area (Å²) in [5.41, 5.74) is 2.58. The Kier molecular flexibility index (Phi) is 11.7. The van der Waals surface area contributed by atoms with E-state index in [1.807, 2.05) is 11.8 Å². The van der Waals surface area contributed by atoms with Crippen molar-refractivity contribution < 1.29 is 4.79 Å². The van der Waals surface area contributed by atoms with E-state index < -0.39 is 0 Å². The van der Waals surface area contributed by atoms with Crippen LogP contribution in [0.1, 0.15) is 44.2 Å². The summed E-state index contributed by atoms with van der Waals surface area (Å²) in [5, 5.41) is 6.84. The SMILES string of the molecule is CCNC(=NCc1ccc(CN2CCCN(C)CC2)cc1)NC1CCN(C(=O)CC)C1.I. The fourth-order valence-corrected chi connectivity index (χ4v) is 4.28. The second-order valence-corrected chi connectivity index (χ2v) is 8.77. The van der Waals surface area contributed by atoms with Crippen LogP contribution in [0.4, 0.5) is 0 Å². The van der Waals surface area contributed by atoms with Crippen molar-refractivity contribution in [2.75, 3.05) is 52.9 Å². The van der Waals surface area contributed by atoms with Gasteiger partial charge in [0.15, 0.2) is 5.96 Å². The van der Waals surface area contributed by atoms with E-state index in [-0.39, 0.29) is 35.9 Å². The number of hydrogen-bond donors (Lipinski definition) is 2. The molecule has 2 aliphatic heterocycles. The highest BCUT2D eigenvalue weighted by Crippen LogP contribution is 2.12. The Labute approximate surface area is 211 Å². The van der Waals surface area contributed by atoms with Crippen LogP contribution in [0.3, 0.4) is 0 Å². The number of carbonyl (C=O) groups excluding carboxylic acids is 1. The fraction of sp³-hybridized carbons (Fsp3) is 0.667. The molecule has 180 valence electrons. The maximum absolute atomic E-state index is 11.9. The summed E-state index contributed by atoms with van der Waals surface area (Å²) in [6.07, 6.45) is 2.79. The second kappa shape index (κ2) is 14.0. The summed E-state index contributed by atoms with van der Waals surface area (Å²) < 4.78 is 0.